The van der Waals surface area contributed by atoms with Crippen molar-refractivity contribution in [3.8, 4) is 11.8 Å². The largest absolute Gasteiger partial charge is 0.381 e. The van der Waals surface area contributed by atoms with E-state index in [0.29, 0.717) is 0 Å². The van der Waals surface area contributed by atoms with Crippen molar-refractivity contribution in [1.29, 1.82) is 0 Å². The Morgan fingerprint density at radius 1 is 1.36 bits per heavy atom. The van der Waals surface area contributed by atoms with Crippen LogP contribution < -0.4 is 0 Å². The molecule has 0 aromatic heterocycles. The molecule has 0 bridgehead atoms. The van der Waals surface area contributed by atoms with E-state index in [0.717, 1.165) is 12.0 Å². The second kappa shape index (κ2) is 3.69. The minimum Gasteiger partial charge on any atom is -0.381 e. The first kappa shape index (κ1) is 9.05. The molecule has 0 heterocycles. The Morgan fingerprint density at radius 3 is 2.86 bits per heavy atom. The first-order valence-electron chi connectivity index (χ1n) is 4.74. The van der Waals surface area contributed by atoms with Crippen molar-refractivity contribution in [2.75, 3.05) is 0 Å². The predicted molar refractivity (Wildman–Crippen MR) is 57.6 cm³/mol. The highest BCUT2D eigenvalue weighted by molar-refractivity contribution is 5.68. The van der Waals surface area contributed by atoms with E-state index in [1.165, 1.54) is 11.1 Å². The number of allylic oxidation sites excluding steroid dienone is 1. The van der Waals surface area contributed by atoms with E-state index in [9.17, 15) is 0 Å². The van der Waals surface area contributed by atoms with Crippen molar-refractivity contribution in [2.45, 2.75) is 19.4 Å². The van der Waals surface area contributed by atoms with Crippen LogP contribution in [-0.4, -0.2) is 11.2 Å². The maximum absolute atomic E-state index is 9.03. The number of hydrogen-bond donors (Lipinski definition) is 1. The second-order valence-corrected chi connectivity index (χ2v) is 3.49. The van der Waals surface area contributed by atoms with Gasteiger partial charge in [0.25, 0.3) is 0 Å². The van der Waals surface area contributed by atoms with Crippen LogP contribution in [0.3, 0.4) is 0 Å². The van der Waals surface area contributed by atoms with Crippen LogP contribution in [0.4, 0.5) is 0 Å². The maximum atomic E-state index is 9.03. The number of benzene rings is 1. The molecule has 2 rings (SSSR count). The molecule has 0 saturated carbocycles. The third kappa shape index (κ3) is 1.86. The summed E-state index contributed by atoms with van der Waals surface area (Å²) < 4.78 is 0. The number of hydrogen-bond acceptors (Lipinski definition) is 1. The van der Waals surface area contributed by atoms with E-state index in [-0.39, 0.29) is 0 Å². The smallest absolute Gasteiger partial charge is 0.112 e. The highest BCUT2D eigenvalue weighted by Gasteiger charge is 2.09. The molecule has 1 aromatic rings. The molecule has 1 nitrogen and oxygen atoms in total. The lowest BCUT2D eigenvalue weighted by molar-refractivity contribution is 0.253. The van der Waals surface area contributed by atoms with Crippen molar-refractivity contribution < 1.29 is 5.11 Å². The summed E-state index contributed by atoms with van der Waals surface area (Å²) >= 11 is 0. The molecule has 1 atom stereocenters. The van der Waals surface area contributed by atoms with Gasteiger partial charge in [-0.2, -0.15) is 0 Å². The molecule has 1 N–H and O–H groups in total. The minimum atomic E-state index is -0.542. The molecule has 14 heavy (non-hydrogen) atoms. The first-order valence-corrected chi connectivity index (χ1v) is 4.74. The highest BCUT2D eigenvalue weighted by atomic mass is 16.3. The Morgan fingerprint density at radius 2 is 2.14 bits per heavy atom. The van der Waals surface area contributed by atoms with Gasteiger partial charge in [0.2, 0.25) is 0 Å². The zero-order valence-corrected chi connectivity index (χ0v) is 8.12. The van der Waals surface area contributed by atoms with Gasteiger partial charge >= 0.3 is 0 Å². The van der Waals surface area contributed by atoms with Gasteiger partial charge in [-0.25, -0.2) is 0 Å². The third-order valence-corrected chi connectivity index (χ3v) is 2.21. The molecule has 1 aliphatic rings. The Bertz CT molecular complexity index is 430. The Hall–Kier alpha value is -1.52. The molecular weight excluding hydrogens is 172 g/mol. The number of rotatable bonds is 0. The highest BCUT2D eigenvalue weighted by Crippen LogP contribution is 2.23. The SMILES string of the molecule is CC(O)C#CC1=Cc2ccccc2C1. The van der Waals surface area contributed by atoms with Crippen LogP contribution in [0.25, 0.3) is 6.08 Å². The lowest BCUT2D eigenvalue weighted by Crippen LogP contribution is -1.93. The lowest BCUT2D eigenvalue weighted by Gasteiger charge is -1.94. The van der Waals surface area contributed by atoms with Crippen molar-refractivity contribution in [3.63, 3.8) is 0 Å². The fraction of sp³-hybridized carbons (Fsp3) is 0.231. The van der Waals surface area contributed by atoms with E-state index < -0.39 is 6.10 Å². The van der Waals surface area contributed by atoms with Gasteiger partial charge in [-0.3, -0.25) is 0 Å². The molecule has 1 aliphatic carbocycles. The van der Waals surface area contributed by atoms with Crippen molar-refractivity contribution in [2.24, 2.45) is 0 Å². The molecule has 1 unspecified atom stereocenters. The molecule has 0 aliphatic heterocycles. The summed E-state index contributed by atoms with van der Waals surface area (Å²) in [5.74, 6) is 5.75. The molecule has 0 spiro atoms. The molecular formula is C13H12O. The van der Waals surface area contributed by atoms with Crippen molar-refractivity contribution in [3.05, 3.63) is 41.0 Å². The molecule has 1 heteroatoms. The number of aliphatic hydroxyl groups excluding tert-OH is 1. The fourth-order valence-electron chi connectivity index (χ4n) is 1.56. The van der Waals surface area contributed by atoms with Gasteiger partial charge in [0.15, 0.2) is 0 Å². The van der Waals surface area contributed by atoms with E-state index in [1.54, 1.807) is 6.92 Å². The summed E-state index contributed by atoms with van der Waals surface area (Å²) in [6.07, 6.45) is 2.44. The molecule has 0 radical (unpaired) electrons. The van der Waals surface area contributed by atoms with Gasteiger partial charge in [0.1, 0.15) is 6.10 Å². The van der Waals surface area contributed by atoms with E-state index in [4.69, 9.17) is 5.11 Å². The molecule has 0 amide bonds. The number of fused-ring (bicyclic) bond motifs is 1. The van der Waals surface area contributed by atoms with Crippen LogP contribution >= 0.6 is 0 Å². The quantitative estimate of drug-likeness (QED) is 0.611. The van der Waals surface area contributed by atoms with Gasteiger partial charge < -0.3 is 5.11 Å². The van der Waals surface area contributed by atoms with Crippen molar-refractivity contribution >= 4 is 6.08 Å². The Kier molecular flexibility index (Phi) is 2.39. The van der Waals surface area contributed by atoms with Gasteiger partial charge in [-0.1, -0.05) is 36.1 Å². The van der Waals surface area contributed by atoms with Crippen LogP contribution in [0, 0.1) is 11.8 Å². The summed E-state index contributed by atoms with van der Waals surface area (Å²) in [5.41, 5.74) is 3.66. The van der Waals surface area contributed by atoms with Gasteiger partial charge in [0, 0.05) is 12.0 Å². The summed E-state index contributed by atoms with van der Waals surface area (Å²) in [4.78, 5) is 0. The summed E-state index contributed by atoms with van der Waals surface area (Å²) in [5, 5.41) is 9.03. The molecule has 0 saturated heterocycles. The molecule has 1 aromatic carbocycles. The van der Waals surface area contributed by atoms with E-state index in [2.05, 4.69) is 30.0 Å². The van der Waals surface area contributed by atoms with Crippen LogP contribution in [0.15, 0.2) is 29.8 Å². The average Bonchev–Trinajstić information content (AvgIpc) is 2.57. The normalized spacial score (nSPS) is 15.1. The lowest BCUT2D eigenvalue weighted by atomic mass is 10.1. The van der Waals surface area contributed by atoms with Gasteiger partial charge in [-0.15, -0.1) is 0 Å². The summed E-state index contributed by atoms with van der Waals surface area (Å²) in [7, 11) is 0. The monoisotopic (exact) mass is 184 g/mol. The first-order chi connectivity index (χ1) is 6.75. The van der Waals surface area contributed by atoms with Gasteiger partial charge in [0.05, 0.1) is 0 Å². The van der Waals surface area contributed by atoms with Crippen LogP contribution in [0.2, 0.25) is 0 Å². The Labute approximate surface area is 84.1 Å². The van der Waals surface area contributed by atoms with Gasteiger partial charge in [-0.05, 0) is 24.1 Å². The molecule has 0 fully saturated rings. The fourth-order valence-corrected chi connectivity index (χ4v) is 1.56. The standard InChI is InChI=1S/C13H12O/c1-10(14)6-7-11-8-12-4-2-3-5-13(12)9-11/h2-5,8,10,14H,9H2,1H3. The van der Waals surface area contributed by atoms with Crippen LogP contribution in [0.5, 0.6) is 0 Å². The topological polar surface area (TPSA) is 20.2 Å². The predicted octanol–water partition coefficient (Wildman–Crippen LogP) is 2.01. The van der Waals surface area contributed by atoms with Crippen LogP contribution in [-0.2, 0) is 6.42 Å². The maximum Gasteiger partial charge on any atom is 0.112 e. The number of aliphatic hydroxyl groups is 1. The second-order valence-electron chi connectivity index (χ2n) is 3.49. The van der Waals surface area contributed by atoms with Crippen LogP contribution in [0.1, 0.15) is 18.1 Å². The third-order valence-electron chi connectivity index (χ3n) is 2.21. The zero-order chi connectivity index (χ0) is 9.97. The van der Waals surface area contributed by atoms with E-state index >= 15 is 0 Å². The summed E-state index contributed by atoms with van der Waals surface area (Å²) in [6, 6.07) is 8.27. The minimum absolute atomic E-state index is 0.542. The van der Waals surface area contributed by atoms with Crippen molar-refractivity contribution in [1.82, 2.24) is 0 Å². The van der Waals surface area contributed by atoms with E-state index in [1.807, 2.05) is 12.1 Å². The summed E-state index contributed by atoms with van der Waals surface area (Å²) in [6.45, 7) is 1.68. The average molecular weight is 184 g/mol. The zero-order valence-electron chi connectivity index (χ0n) is 8.12. The Balaban J connectivity index is 2.21. The molecule has 70 valence electrons.